The van der Waals surface area contributed by atoms with E-state index in [1.54, 1.807) is 0 Å². The molecule has 11 rings (SSSR count). The molecule has 0 saturated carbocycles. The minimum Gasteiger partial charge on any atom is -0.309 e. The van der Waals surface area contributed by atoms with E-state index >= 15 is 0 Å². The van der Waals surface area contributed by atoms with Gasteiger partial charge in [-0.15, -0.1) is 11.3 Å². The summed E-state index contributed by atoms with van der Waals surface area (Å²) in [5.41, 5.74) is 11.2. The van der Waals surface area contributed by atoms with Gasteiger partial charge in [-0.1, -0.05) is 103 Å². The SMILES string of the molecule is c1cc(-c2cnnc(-c3cccc4c3sc3ccccc34)c2)cc(-n2c3ccccc3c3cc(-n4c5ccccc5c5ccccc54)ccc32)c1. The van der Waals surface area contributed by atoms with Crippen LogP contribution >= 0.6 is 11.3 Å². The zero-order chi connectivity index (χ0) is 33.5. The lowest BCUT2D eigenvalue weighted by Gasteiger charge is -2.12. The van der Waals surface area contributed by atoms with Gasteiger partial charge >= 0.3 is 0 Å². The number of hydrogen-bond donors (Lipinski definition) is 0. The first-order valence-electron chi connectivity index (χ1n) is 17.2. The minimum absolute atomic E-state index is 0.879. The fourth-order valence-electron chi connectivity index (χ4n) is 8.01. The average molecular weight is 669 g/mol. The highest BCUT2D eigenvalue weighted by Crippen LogP contribution is 2.41. The normalized spacial score (nSPS) is 11.9. The Morgan fingerprint density at radius 3 is 1.75 bits per heavy atom. The van der Waals surface area contributed by atoms with Crippen LogP contribution in [-0.4, -0.2) is 19.3 Å². The molecule has 0 atom stereocenters. The maximum Gasteiger partial charge on any atom is 0.0950 e. The van der Waals surface area contributed by atoms with Gasteiger partial charge in [0.05, 0.1) is 34.0 Å². The summed E-state index contributed by atoms with van der Waals surface area (Å²) >= 11 is 1.82. The van der Waals surface area contributed by atoms with E-state index in [1.165, 1.54) is 63.8 Å². The maximum absolute atomic E-state index is 4.63. The van der Waals surface area contributed by atoms with Crippen LogP contribution in [0.5, 0.6) is 0 Å². The van der Waals surface area contributed by atoms with Crippen LogP contribution in [0, 0.1) is 0 Å². The molecular weight excluding hydrogens is 641 g/mol. The van der Waals surface area contributed by atoms with Gasteiger partial charge in [-0.05, 0) is 66.2 Å². The zero-order valence-corrected chi connectivity index (χ0v) is 28.2. The monoisotopic (exact) mass is 668 g/mol. The van der Waals surface area contributed by atoms with E-state index < -0.39 is 0 Å². The van der Waals surface area contributed by atoms with Crippen LogP contribution < -0.4 is 0 Å². The van der Waals surface area contributed by atoms with Gasteiger partial charge < -0.3 is 9.13 Å². The molecule has 4 nitrogen and oxygen atoms in total. The Kier molecular flexibility index (Phi) is 6.09. The molecule has 0 unspecified atom stereocenters. The summed E-state index contributed by atoms with van der Waals surface area (Å²) in [6.45, 7) is 0. The summed E-state index contributed by atoms with van der Waals surface area (Å²) < 4.78 is 7.30. The average Bonchev–Trinajstić information content (AvgIpc) is 3.86. The Hall–Kier alpha value is -6.56. The first-order valence-corrected chi connectivity index (χ1v) is 18.0. The van der Waals surface area contributed by atoms with E-state index in [0.717, 1.165) is 33.8 Å². The van der Waals surface area contributed by atoms with Crippen molar-refractivity contribution in [3.63, 3.8) is 0 Å². The molecule has 5 heteroatoms. The van der Waals surface area contributed by atoms with Gasteiger partial charge in [-0.3, -0.25) is 0 Å². The Morgan fingerprint density at radius 2 is 1.00 bits per heavy atom. The molecule has 7 aromatic carbocycles. The maximum atomic E-state index is 4.63. The van der Waals surface area contributed by atoms with Crippen molar-refractivity contribution in [1.29, 1.82) is 0 Å². The van der Waals surface area contributed by atoms with Gasteiger partial charge in [-0.2, -0.15) is 10.2 Å². The van der Waals surface area contributed by atoms with Crippen molar-refractivity contribution in [2.75, 3.05) is 0 Å². The van der Waals surface area contributed by atoms with Gasteiger partial charge in [0.15, 0.2) is 0 Å². The second-order valence-corrected chi connectivity index (χ2v) is 14.1. The van der Waals surface area contributed by atoms with E-state index in [4.69, 9.17) is 0 Å². The largest absolute Gasteiger partial charge is 0.309 e. The Morgan fingerprint density at radius 1 is 0.412 bits per heavy atom. The fraction of sp³-hybridized carbons (Fsp3) is 0. The van der Waals surface area contributed by atoms with Crippen LogP contribution in [0.3, 0.4) is 0 Å². The number of nitrogens with zero attached hydrogens (tertiary/aromatic N) is 4. The summed E-state index contributed by atoms with van der Waals surface area (Å²) in [5, 5.41) is 16.7. The molecule has 11 aromatic rings. The molecule has 0 aliphatic heterocycles. The summed E-state index contributed by atoms with van der Waals surface area (Å²) in [5.74, 6) is 0. The summed E-state index contributed by atoms with van der Waals surface area (Å²) in [6.07, 6.45) is 1.87. The van der Waals surface area contributed by atoms with Crippen molar-refractivity contribution in [3.05, 3.63) is 170 Å². The molecule has 0 radical (unpaired) electrons. The van der Waals surface area contributed by atoms with Gasteiger partial charge in [0.2, 0.25) is 0 Å². The number of fused-ring (bicyclic) bond motifs is 9. The molecule has 0 N–H and O–H groups in total. The van der Waals surface area contributed by atoms with Gasteiger partial charge in [0.25, 0.3) is 0 Å². The molecule has 0 amide bonds. The highest BCUT2D eigenvalue weighted by Gasteiger charge is 2.17. The van der Waals surface area contributed by atoms with E-state index in [-0.39, 0.29) is 0 Å². The smallest absolute Gasteiger partial charge is 0.0950 e. The lowest BCUT2D eigenvalue weighted by atomic mass is 10.0. The second-order valence-electron chi connectivity index (χ2n) is 13.1. The van der Waals surface area contributed by atoms with Crippen molar-refractivity contribution in [3.8, 4) is 33.8 Å². The van der Waals surface area contributed by atoms with Gasteiger partial charge in [0.1, 0.15) is 0 Å². The van der Waals surface area contributed by atoms with Gasteiger partial charge in [-0.25, -0.2) is 0 Å². The van der Waals surface area contributed by atoms with Crippen molar-refractivity contribution in [2.45, 2.75) is 0 Å². The Bertz CT molecular complexity index is 3110. The highest BCUT2D eigenvalue weighted by molar-refractivity contribution is 7.26. The van der Waals surface area contributed by atoms with Crippen LogP contribution in [0.2, 0.25) is 0 Å². The Balaban J connectivity index is 1.06. The number of thiophene rings is 1. The van der Waals surface area contributed by atoms with Crippen LogP contribution in [-0.2, 0) is 0 Å². The molecule has 0 fully saturated rings. The summed E-state index contributed by atoms with van der Waals surface area (Å²) in [6, 6.07) is 59.0. The molecule has 0 bridgehead atoms. The number of para-hydroxylation sites is 3. The summed E-state index contributed by atoms with van der Waals surface area (Å²) in [7, 11) is 0. The number of aromatic nitrogens is 4. The molecule has 0 saturated heterocycles. The quantitative estimate of drug-likeness (QED) is 0.187. The third kappa shape index (κ3) is 4.25. The lowest BCUT2D eigenvalue weighted by Crippen LogP contribution is -1.96. The molecule has 4 aromatic heterocycles. The number of hydrogen-bond acceptors (Lipinski definition) is 3. The van der Waals surface area contributed by atoms with Crippen molar-refractivity contribution < 1.29 is 0 Å². The van der Waals surface area contributed by atoms with E-state index in [1.807, 2.05) is 17.5 Å². The molecular formula is C46H28N4S. The standard InChI is InChI=1S/C46H28N4S/c1-5-19-41-33(13-1)34-14-2-6-20-42(34)50(41)32-23-24-44-39(27-32)35-15-3-7-21-43(35)49(44)31-12-9-11-29(25-31)30-26-40(48-47-28-30)38-18-10-17-37-36-16-4-8-22-45(36)51-46(37)38/h1-28H. The van der Waals surface area contributed by atoms with Crippen molar-refractivity contribution in [2.24, 2.45) is 0 Å². The predicted molar refractivity (Wildman–Crippen MR) is 214 cm³/mol. The summed E-state index contributed by atoms with van der Waals surface area (Å²) in [4.78, 5) is 0. The third-order valence-corrected chi connectivity index (χ3v) is 11.5. The van der Waals surface area contributed by atoms with Crippen LogP contribution in [0.1, 0.15) is 0 Å². The second kappa shape index (κ2) is 11.0. The molecule has 51 heavy (non-hydrogen) atoms. The highest BCUT2D eigenvalue weighted by atomic mass is 32.1. The number of rotatable bonds is 4. The predicted octanol–water partition coefficient (Wildman–Crippen LogP) is 12.4. The van der Waals surface area contributed by atoms with Crippen LogP contribution in [0.15, 0.2) is 170 Å². The third-order valence-electron chi connectivity index (χ3n) is 10.3. The van der Waals surface area contributed by atoms with Crippen LogP contribution in [0.25, 0.3) is 97.5 Å². The molecule has 0 spiro atoms. The molecule has 0 aliphatic carbocycles. The van der Waals surface area contributed by atoms with Crippen molar-refractivity contribution >= 4 is 75.1 Å². The first kappa shape index (κ1) is 28.3. The van der Waals surface area contributed by atoms with Crippen LogP contribution in [0.4, 0.5) is 0 Å². The molecule has 0 aliphatic rings. The van der Waals surface area contributed by atoms with Crippen molar-refractivity contribution in [1.82, 2.24) is 19.3 Å². The van der Waals surface area contributed by atoms with E-state index in [0.29, 0.717) is 0 Å². The zero-order valence-electron chi connectivity index (χ0n) is 27.4. The molecule has 4 heterocycles. The van der Waals surface area contributed by atoms with E-state index in [2.05, 4.69) is 183 Å². The van der Waals surface area contributed by atoms with E-state index in [9.17, 15) is 0 Å². The lowest BCUT2D eigenvalue weighted by molar-refractivity contribution is 1.04. The van der Waals surface area contributed by atoms with Gasteiger partial charge in [0, 0.05) is 64.2 Å². The minimum atomic E-state index is 0.879. The first-order chi connectivity index (χ1) is 25.3. The topological polar surface area (TPSA) is 35.6 Å². The fourth-order valence-corrected chi connectivity index (χ4v) is 9.23. The Labute approximate surface area is 297 Å². The molecule has 238 valence electrons. The number of benzene rings is 7.